The third-order valence-electron chi connectivity index (χ3n) is 2.42. The van der Waals surface area contributed by atoms with E-state index in [1.165, 1.54) is 0 Å². The first-order valence-electron chi connectivity index (χ1n) is 4.54. The fraction of sp³-hybridized carbons (Fsp3) is 0. The van der Waals surface area contributed by atoms with Gasteiger partial charge in [0.25, 0.3) is 0 Å². The molecule has 0 aliphatic heterocycles. The van der Waals surface area contributed by atoms with Gasteiger partial charge in [-0.1, -0.05) is 24.3 Å². The predicted octanol–water partition coefficient (Wildman–Crippen LogP) is -0.316. The van der Waals surface area contributed by atoms with Gasteiger partial charge in [-0.25, -0.2) is 0 Å². The van der Waals surface area contributed by atoms with Crippen molar-refractivity contribution in [3.8, 4) is 0 Å². The fourth-order valence-electron chi connectivity index (χ4n) is 1.69. The molecule has 0 saturated carbocycles. The highest BCUT2D eigenvalue weighted by molar-refractivity contribution is 6.64. The van der Waals surface area contributed by atoms with Crippen molar-refractivity contribution in [3.05, 3.63) is 30.3 Å². The van der Waals surface area contributed by atoms with Crippen LogP contribution in [0.3, 0.4) is 0 Å². The van der Waals surface area contributed by atoms with Gasteiger partial charge in [-0.15, -0.1) is 0 Å². The smallest absolute Gasteiger partial charge is 0.423 e. The van der Waals surface area contributed by atoms with E-state index < -0.39 is 7.12 Å². The highest BCUT2D eigenvalue weighted by Crippen LogP contribution is 2.21. The lowest BCUT2D eigenvalue weighted by Crippen LogP contribution is -2.33. The van der Waals surface area contributed by atoms with Crippen molar-refractivity contribution in [1.82, 2.24) is 0 Å². The molecule has 0 saturated heterocycles. The topological polar surface area (TPSA) is 92.5 Å². The van der Waals surface area contributed by atoms with Crippen molar-refractivity contribution in [2.45, 2.75) is 0 Å². The maximum absolute atomic E-state index is 9.25. The number of anilines is 2. The largest absolute Gasteiger partial charge is 0.491 e. The average molecular weight is 202 g/mol. The van der Waals surface area contributed by atoms with Crippen LogP contribution in [0.15, 0.2) is 30.3 Å². The molecule has 0 aliphatic carbocycles. The van der Waals surface area contributed by atoms with E-state index in [-0.39, 0.29) is 11.2 Å². The fourth-order valence-corrected chi connectivity index (χ4v) is 1.69. The molecule has 6 N–H and O–H groups in total. The van der Waals surface area contributed by atoms with Crippen LogP contribution >= 0.6 is 0 Å². The van der Waals surface area contributed by atoms with Gasteiger partial charge in [-0.3, -0.25) is 0 Å². The van der Waals surface area contributed by atoms with Crippen LogP contribution in [0.25, 0.3) is 10.8 Å². The number of hydrogen-bond donors (Lipinski definition) is 4. The lowest BCUT2D eigenvalue weighted by atomic mass is 9.75. The molecule has 0 unspecified atom stereocenters. The lowest BCUT2D eigenvalue weighted by Gasteiger charge is -2.11. The van der Waals surface area contributed by atoms with Crippen LogP contribution in [0.5, 0.6) is 0 Å². The molecule has 5 heteroatoms. The van der Waals surface area contributed by atoms with Crippen molar-refractivity contribution in [1.29, 1.82) is 0 Å². The highest BCUT2D eigenvalue weighted by atomic mass is 16.4. The third kappa shape index (κ3) is 1.52. The Labute approximate surface area is 87.3 Å². The molecule has 0 radical (unpaired) electrons. The van der Waals surface area contributed by atoms with Gasteiger partial charge in [0.1, 0.15) is 0 Å². The normalized spacial score (nSPS) is 10.5. The average Bonchev–Trinajstić information content (AvgIpc) is 2.19. The molecule has 0 bridgehead atoms. The number of fused-ring (bicyclic) bond motifs is 1. The molecule has 2 aromatic rings. The first kappa shape index (κ1) is 9.83. The predicted molar refractivity (Wildman–Crippen MR) is 62.6 cm³/mol. The summed E-state index contributed by atoms with van der Waals surface area (Å²) in [6, 6.07) is 9.00. The lowest BCUT2D eigenvalue weighted by molar-refractivity contribution is 0.426. The number of nitrogens with two attached hydrogens (primary N) is 2. The van der Waals surface area contributed by atoms with Gasteiger partial charge >= 0.3 is 7.12 Å². The maximum atomic E-state index is 9.25. The number of nitrogen functional groups attached to an aromatic ring is 2. The Bertz CT molecular complexity index is 514. The zero-order valence-corrected chi connectivity index (χ0v) is 8.01. The number of rotatable bonds is 1. The van der Waals surface area contributed by atoms with Crippen molar-refractivity contribution in [2.24, 2.45) is 0 Å². The molecule has 76 valence electrons. The van der Waals surface area contributed by atoms with Crippen molar-refractivity contribution < 1.29 is 10.0 Å². The highest BCUT2D eigenvalue weighted by Gasteiger charge is 2.19. The van der Waals surface area contributed by atoms with Gasteiger partial charge in [0.2, 0.25) is 0 Å². The van der Waals surface area contributed by atoms with Crippen molar-refractivity contribution >= 4 is 34.7 Å². The number of benzene rings is 2. The molecular formula is C10H11BN2O2. The Hall–Kier alpha value is -1.72. The molecule has 0 amide bonds. The zero-order chi connectivity index (χ0) is 11.0. The van der Waals surface area contributed by atoms with E-state index in [0.717, 1.165) is 5.39 Å². The Morgan fingerprint density at radius 1 is 1.07 bits per heavy atom. The van der Waals surface area contributed by atoms with Crippen LogP contribution in [0.4, 0.5) is 11.4 Å². The molecule has 0 aromatic heterocycles. The Morgan fingerprint density at radius 3 is 2.40 bits per heavy atom. The minimum absolute atomic E-state index is 0.226. The minimum Gasteiger partial charge on any atom is -0.423 e. The summed E-state index contributed by atoms with van der Waals surface area (Å²) in [6.45, 7) is 0. The standard InChI is InChI=1S/C10H11BN2O2/c12-8-5-6-3-1-2-4-7(6)9(10(8)13)11(14)15/h1-5,14-15H,12-13H2. The Balaban J connectivity index is 2.89. The molecule has 15 heavy (non-hydrogen) atoms. The molecule has 0 aliphatic rings. The molecule has 4 nitrogen and oxygen atoms in total. The Morgan fingerprint density at radius 2 is 1.73 bits per heavy atom. The van der Waals surface area contributed by atoms with Gasteiger partial charge in [0.05, 0.1) is 11.4 Å². The van der Waals surface area contributed by atoms with Gasteiger partial charge < -0.3 is 21.5 Å². The van der Waals surface area contributed by atoms with Gasteiger partial charge in [0, 0.05) is 5.46 Å². The summed E-state index contributed by atoms with van der Waals surface area (Å²) < 4.78 is 0. The van der Waals surface area contributed by atoms with Crippen LogP contribution in [-0.2, 0) is 0 Å². The summed E-state index contributed by atoms with van der Waals surface area (Å²) in [4.78, 5) is 0. The molecular weight excluding hydrogens is 191 g/mol. The molecule has 0 heterocycles. The monoisotopic (exact) mass is 202 g/mol. The molecule has 0 atom stereocenters. The van der Waals surface area contributed by atoms with E-state index in [1.54, 1.807) is 12.1 Å². The zero-order valence-electron chi connectivity index (χ0n) is 8.01. The van der Waals surface area contributed by atoms with E-state index in [9.17, 15) is 10.0 Å². The summed E-state index contributed by atoms with van der Waals surface area (Å²) in [5, 5.41) is 20.0. The van der Waals surface area contributed by atoms with Crippen LogP contribution in [0, 0.1) is 0 Å². The van der Waals surface area contributed by atoms with E-state index >= 15 is 0 Å². The molecule has 0 fully saturated rings. The summed E-state index contributed by atoms with van der Waals surface area (Å²) in [6.07, 6.45) is 0. The first-order chi connectivity index (χ1) is 7.11. The molecule has 0 spiro atoms. The van der Waals surface area contributed by atoms with Crippen molar-refractivity contribution in [3.63, 3.8) is 0 Å². The SMILES string of the molecule is Nc1cc2ccccc2c(B(O)O)c1N. The van der Waals surface area contributed by atoms with E-state index in [1.807, 2.05) is 18.2 Å². The van der Waals surface area contributed by atoms with Crippen LogP contribution in [0.2, 0.25) is 0 Å². The second-order valence-electron chi connectivity index (χ2n) is 3.39. The van der Waals surface area contributed by atoms with Crippen LogP contribution in [-0.4, -0.2) is 17.2 Å². The molecule has 2 aromatic carbocycles. The first-order valence-corrected chi connectivity index (χ1v) is 4.54. The van der Waals surface area contributed by atoms with Gasteiger partial charge in [-0.05, 0) is 16.8 Å². The summed E-state index contributed by atoms with van der Waals surface area (Å²) >= 11 is 0. The minimum atomic E-state index is -1.61. The molecule has 2 rings (SSSR count). The van der Waals surface area contributed by atoms with E-state index in [0.29, 0.717) is 11.1 Å². The Kier molecular flexibility index (Phi) is 2.26. The second-order valence-corrected chi connectivity index (χ2v) is 3.39. The van der Waals surface area contributed by atoms with Gasteiger partial charge in [-0.2, -0.15) is 0 Å². The summed E-state index contributed by atoms with van der Waals surface area (Å²) in [7, 11) is -1.61. The van der Waals surface area contributed by atoms with Crippen molar-refractivity contribution in [2.75, 3.05) is 11.5 Å². The summed E-state index contributed by atoms with van der Waals surface area (Å²) in [5.41, 5.74) is 12.2. The van der Waals surface area contributed by atoms with E-state index in [4.69, 9.17) is 11.5 Å². The quantitative estimate of drug-likeness (QED) is 0.376. The van der Waals surface area contributed by atoms with Gasteiger partial charge in [0.15, 0.2) is 0 Å². The van der Waals surface area contributed by atoms with E-state index in [2.05, 4.69) is 0 Å². The second kappa shape index (κ2) is 3.45. The summed E-state index contributed by atoms with van der Waals surface area (Å²) in [5.74, 6) is 0. The van der Waals surface area contributed by atoms with Crippen LogP contribution < -0.4 is 16.9 Å². The maximum Gasteiger partial charge on any atom is 0.491 e. The third-order valence-corrected chi connectivity index (χ3v) is 2.42. The van der Waals surface area contributed by atoms with Crippen LogP contribution in [0.1, 0.15) is 0 Å². The number of hydrogen-bond acceptors (Lipinski definition) is 4.